The molecule has 1 aromatic carbocycles. The maximum Gasteiger partial charge on any atom is 0.241 e. The molecule has 2 rings (SSSR count). The highest BCUT2D eigenvalue weighted by Gasteiger charge is 2.30. The van der Waals surface area contributed by atoms with Gasteiger partial charge in [0, 0.05) is 32.1 Å². The van der Waals surface area contributed by atoms with Crippen LogP contribution < -0.4 is 10.5 Å². The second kappa shape index (κ2) is 9.37. The zero-order valence-electron chi connectivity index (χ0n) is 16.6. The summed E-state index contributed by atoms with van der Waals surface area (Å²) in [4.78, 5) is 13.7. The molecule has 0 saturated carbocycles. The Bertz CT molecular complexity index is 767. The van der Waals surface area contributed by atoms with Crippen molar-refractivity contribution in [2.24, 2.45) is 11.7 Å². The van der Waals surface area contributed by atoms with Gasteiger partial charge in [-0.3, -0.25) is 4.79 Å². The van der Waals surface area contributed by atoms with Gasteiger partial charge in [0.05, 0.1) is 4.90 Å². The highest BCUT2D eigenvalue weighted by molar-refractivity contribution is 7.89. The number of benzene rings is 1. The molecule has 27 heavy (non-hydrogen) atoms. The molecule has 3 N–H and O–H groups in total. The fourth-order valence-electron chi connectivity index (χ4n) is 3.63. The number of sulfonamides is 1. The topological polar surface area (TPSA) is 92.5 Å². The second-order valence-corrected chi connectivity index (χ2v) is 9.59. The minimum atomic E-state index is -3.66. The third-order valence-electron chi connectivity index (χ3n) is 4.93. The van der Waals surface area contributed by atoms with Crippen molar-refractivity contribution in [3.05, 3.63) is 29.3 Å². The van der Waals surface area contributed by atoms with E-state index in [1.54, 1.807) is 24.0 Å². The number of carbonyl (C=O) groups excluding carboxylic acids is 1. The second-order valence-electron chi connectivity index (χ2n) is 7.90. The van der Waals surface area contributed by atoms with Crippen LogP contribution in [0.25, 0.3) is 0 Å². The van der Waals surface area contributed by atoms with Gasteiger partial charge in [-0.05, 0) is 55.4 Å². The average molecular weight is 418 g/mol. The van der Waals surface area contributed by atoms with E-state index in [2.05, 4.69) is 4.72 Å². The van der Waals surface area contributed by atoms with Crippen molar-refractivity contribution in [1.29, 1.82) is 0 Å². The monoisotopic (exact) mass is 417 g/mol. The number of carbonyl (C=O) groups is 1. The molecule has 0 aliphatic carbocycles. The molecule has 0 bridgehead atoms. The molecule has 0 fully saturated rings. The van der Waals surface area contributed by atoms with E-state index in [9.17, 15) is 13.2 Å². The summed E-state index contributed by atoms with van der Waals surface area (Å²) in [5, 5.41) is 0. The summed E-state index contributed by atoms with van der Waals surface area (Å²) in [5.74, 6) is 0.385. The molecule has 1 heterocycles. The molecule has 1 aromatic rings. The van der Waals surface area contributed by atoms with Crippen LogP contribution in [0.15, 0.2) is 23.1 Å². The predicted octanol–water partition coefficient (Wildman–Crippen LogP) is 2.10. The molecular formula is C19H32ClN3O3S. The van der Waals surface area contributed by atoms with Gasteiger partial charge in [-0.2, -0.15) is 0 Å². The number of halogens is 1. The van der Waals surface area contributed by atoms with Crippen molar-refractivity contribution in [1.82, 2.24) is 9.62 Å². The first-order valence-electron chi connectivity index (χ1n) is 9.18. The van der Waals surface area contributed by atoms with Crippen molar-refractivity contribution in [2.75, 3.05) is 19.6 Å². The Balaban J connectivity index is 0.00000364. The smallest absolute Gasteiger partial charge is 0.241 e. The summed E-state index contributed by atoms with van der Waals surface area (Å²) in [7, 11) is -3.66. The van der Waals surface area contributed by atoms with Gasteiger partial charge in [-0.25, -0.2) is 13.1 Å². The van der Waals surface area contributed by atoms with Gasteiger partial charge in [0.25, 0.3) is 0 Å². The summed E-state index contributed by atoms with van der Waals surface area (Å²) in [6, 6.07) is 5.26. The van der Waals surface area contributed by atoms with E-state index >= 15 is 0 Å². The Morgan fingerprint density at radius 1 is 1.26 bits per heavy atom. The third kappa shape index (κ3) is 6.17. The normalized spacial score (nSPS) is 16.9. The molecule has 0 saturated heterocycles. The number of nitrogens with zero attached hydrogens (tertiary/aromatic N) is 1. The molecule has 1 amide bonds. The van der Waals surface area contributed by atoms with Crippen LogP contribution in [-0.2, 0) is 27.7 Å². The molecule has 0 aromatic heterocycles. The Hall–Kier alpha value is -1.15. The van der Waals surface area contributed by atoms with E-state index in [1.165, 1.54) is 0 Å². The fraction of sp³-hybridized carbons (Fsp3) is 0.632. The van der Waals surface area contributed by atoms with E-state index < -0.39 is 15.6 Å². The van der Waals surface area contributed by atoms with Crippen LogP contribution >= 0.6 is 12.4 Å². The molecule has 0 radical (unpaired) electrons. The number of fused-ring (bicyclic) bond motifs is 1. The quantitative estimate of drug-likeness (QED) is 0.741. The molecule has 0 spiro atoms. The first kappa shape index (κ1) is 23.9. The van der Waals surface area contributed by atoms with Gasteiger partial charge in [0.15, 0.2) is 0 Å². The van der Waals surface area contributed by atoms with Gasteiger partial charge in [0.1, 0.15) is 0 Å². The first-order valence-corrected chi connectivity index (χ1v) is 10.7. The summed E-state index contributed by atoms with van der Waals surface area (Å²) < 4.78 is 28.6. The average Bonchev–Trinajstić information content (AvgIpc) is 2.75. The first-order chi connectivity index (χ1) is 12.1. The standard InChI is InChI=1S/C19H31N3O3S.ClH/c1-14(2)12-19(4,13-20)21-26(24,25)18-6-5-16-7-9-22(15(3)23)10-8-17(16)11-18;/h5-6,11,14,21H,7-10,12-13,20H2,1-4H3;1H. The van der Waals surface area contributed by atoms with E-state index in [0.29, 0.717) is 31.8 Å². The van der Waals surface area contributed by atoms with Crippen LogP contribution in [0.5, 0.6) is 0 Å². The molecule has 8 heteroatoms. The molecule has 1 aliphatic rings. The summed E-state index contributed by atoms with van der Waals surface area (Å²) in [5.41, 5.74) is 7.28. The number of amides is 1. The summed E-state index contributed by atoms with van der Waals surface area (Å²) in [6.45, 7) is 9.04. The van der Waals surface area contributed by atoms with Crippen LogP contribution in [0, 0.1) is 5.92 Å². The zero-order valence-corrected chi connectivity index (χ0v) is 18.3. The van der Waals surface area contributed by atoms with Gasteiger partial charge in [-0.15, -0.1) is 12.4 Å². The van der Waals surface area contributed by atoms with Crippen LogP contribution in [0.4, 0.5) is 0 Å². The molecular weight excluding hydrogens is 386 g/mol. The van der Waals surface area contributed by atoms with Crippen LogP contribution in [0.2, 0.25) is 0 Å². The van der Waals surface area contributed by atoms with Gasteiger partial charge in [0.2, 0.25) is 15.9 Å². The van der Waals surface area contributed by atoms with Gasteiger partial charge >= 0.3 is 0 Å². The van der Waals surface area contributed by atoms with Crippen molar-refractivity contribution >= 4 is 28.3 Å². The third-order valence-corrected chi connectivity index (χ3v) is 6.56. The van der Waals surface area contributed by atoms with Crippen molar-refractivity contribution in [3.63, 3.8) is 0 Å². The van der Waals surface area contributed by atoms with Gasteiger partial charge < -0.3 is 10.6 Å². The number of nitrogens with one attached hydrogen (secondary N) is 1. The number of rotatable bonds is 6. The number of hydrogen-bond acceptors (Lipinski definition) is 4. The highest BCUT2D eigenvalue weighted by Crippen LogP contribution is 2.23. The predicted molar refractivity (Wildman–Crippen MR) is 111 cm³/mol. The molecule has 1 unspecified atom stereocenters. The Morgan fingerprint density at radius 2 is 1.85 bits per heavy atom. The maximum absolute atomic E-state index is 12.9. The maximum atomic E-state index is 12.9. The van der Waals surface area contributed by atoms with Crippen LogP contribution in [-0.4, -0.2) is 44.4 Å². The molecule has 1 atom stereocenters. The van der Waals surface area contributed by atoms with Gasteiger partial charge in [-0.1, -0.05) is 19.9 Å². The lowest BCUT2D eigenvalue weighted by Crippen LogP contribution is -2.52. The van der Waals surface area contributed by atoms with E-state index in [4.69, 9.17) is 5.73 Å². The van der Waals surface area contributed by atoms with Crippen LogP contribution in [0.3, 0.4) is 0 Å². The lowest BCUT2D eigenvalue weighted by atomic mass is 9.92. The lowest BCUT2D eigenvalue weighted by molar-refractivity contribution is -0.128. The van der Waals surface area contributed by atoms with E-state index in [-0.39, 0.29) is 29.8 Å². The zero-order chi connectivity index (χ0) is 19.5. The number of hydrogen-bond donors (Lipinski definition) is 2. The Labute approximate surface area is 169 Å². The number of nitrogens with two attached hydrogens (primary N) is 1. The van der Waals surface area contributed by atoms with Crippen molar-refractivity contribution in [2.45, 2.75) is 57.4 Å². The van der Waals surface area contributed by atoms with E-state index in [0.717, 1.165) is 17.5 Å². The minimum Gasteiger partial charge on any atom is -0.342 e. The Morgan fingerprint density at radius 3 is 2.37 bits per heavy atom. The highest BCUT2D eigenvalue weighted by atomic mass is 35.5. The summed E-state index contributed by atoms with van der Waals surface area (Å²) >= 11 is 0. The largest absolute Gasteiger partial charge is 0.342 e. The van der Waals surface area contributed by atoms with Crippen LogP contribution in [0.1, 0.15) is 45.2 Å². The fourth-order valence-corrected chi connectivity index (χ4v) is 5.11. The summed E-state index contributed by atoms with van der Waals surface area (Å²) in [6.07, 6.45) is 2.08. The Kier molecular flexibility index (Phi) is 8.29. The lowest BCUT2D eigenvalue weighted by Gasteiger charge is -2.30. The molecule has 1 aliphatic heterocycles. The van der Waals surface area contributed by atoms with Crippen molar-refractivity contribution in [3.8, 4) is 0 Å². The minimum absolute atomic E-state index is 0. The molecule has 154 valence electrons. The van der Waals surface area contributed by atoms with Crippen molar-refractivity contribution < 1.29 is 13.2 Å². The SMILES string of the molecule is CC(=O)N1CCc2ccc(S(=O)(=O)NC(C)(CN)CC(C)C)cc2CC1.Cl. The van der Waals surface area contributed by atoms with E-state index in [1.807, 2.05) is 26.8 Å². The molecule has 6 nitrogen and oxygen atoms in total.